The molecule has 2 aromatic carbocycles. The third-order valence-electron chi connectivity index (χ3n) is 2.51. The largest absolute Gasteiger partial charge is 0.496 e. The zero-order valence-electron chi connectivity index (χ0n) is 10.3. The van der Waals surface area contributed by atoms with Gasteiger partial charge in [-0.05, 0) is 18.2 Å². The Bertz CT molecular complexity index is 614. The van der Waals surface area contributed by atoms with Crippen molar-refractivity contribution in [2.45, 2.75) is 0 Å². The quantitative estimate of drug-likeness (QED) is 0.500. The summed E-state index contributed by atoms with van der Waals surface area (Å²) in [4.78, 5) is 10.4. The number of non-ortho nitro benzene ring substituents is 1. The number of methoxy groups -OCH3 is 1. The normalized spacial score (nSPS) is 9.95. The van der Waals surface area contributed by atoms with E-state index in [9.17, 15) is 10.1 Å². The number of nitro groups is 1. The number of ether oxygens (including phenoxy) is 1. The van der Waals surface area contributed by atoms with Crippen molar-refractivity contribution in [2.75, 3.05) is 18.2 Å². The van der Waals surface area contributed by atoms with Gasteiger partial charge in [-0.1, -0.05) is 6.07 Å². The van der Waals surface area contributed by atoms with Gasteiger partial charge in [-0.2, -0.15) is 0 Å². The number of rotatable bonds is 4. The fraction of sp³-hybridized carbons (Fsp3) is 0.0769. The van der Waals surface area contributed by atoms with Crippen molar-refractivity contribution < 1.29 is 9.66 Å². The molecular weight excluding hydrogens is 246 g/mol. The van der Waals surface area contributed by atoms with Crippen LogP contribution in [0.15, 0.2) is 42.5 Å². The zero-order valence-corrected chi connectivity index (χ0v) is 10.3. The number of nitrogens with two attached hydrogens (primary N) is 1. The number of hydrogen-bond acceptors (Lipinski definition) is 5. The van der Waals surface area contributed by atoms with Crippen LogP contribution < -0.4 is 15.8 Å². The molecule has 0 unspecified atom stereocenters. The summed E-state index contributed by atoms with van der Waals surface area (Å²) in [5, 5.41) is 13.9. The number of nitro benzene ring substituents is 1. The van der Waals surface area contributed by atoms with E-state index >= 15 is 0 Å². The van der Waals surface area contributed by atoms with Crippen LogP contribution in [0.3, 0.4) is 0 Å². The lowest BCUT2D eigenvalue weighted by molar-refractivity contribution is -0.384. The Balaban J connectivity index is 2.34. The Kier molecular flexibility index (Phi) is 3.51. The SMILES string of the molecule is COc1cc(Nc2cccc(N)c2)cc([N+](=O)[O-])c1. The molecule has 0 fully saturated rings. The van der Waals surface area contributed by atoms with Gasteiger partial charge in [0.05, 0.1) is 18.1 Å². The standard InChI is InChI=1S/C13H13N3O3/c1-19-13-7-11(6-12(8-13)16(17)18)15-10-4-2-3-9(14)5-10/h2-8,15H,14H2,1H3. The summed E-state index contributed by atoms with van der Waals surface area (Å²) < 4.78 is 5.04. The van der Waals surface area contributed by atoms with Crippen LogP contribution in [0.1, 0.15) is 0 Å². The molecule has 0 aliphatic carbocycles. The molecule has 0 spiro atoms. The molecule has 0 saturated carbocycles. The predicted octanol–water partition coefficient (Wildman–Crippen LogP) is 2.93. The van der Waals surface area contributed by atoms with Gasteiger partial charge in [-0.3, -0.25) is 10.1 Å². The first-order chi connectivity index (χ1) is 9.08. The van der Waals surface area contributed by atoms with Crippen molar-refractivity contribution in [3.05, 3.63) is 52.6 Å². The second-order valence-corrected chi connectivity index (χ2v) is 3.93. The van der Waals surface area contributed by atoms with Gasteiger partial charge in [0, 0.05) is 29.2 Å². The maximum absolute atomic E-state index is 10.8. The summed E-state index contributed by atoms with van der Waals surface area (Å²) in [5.41, 5.74) is 7.57. The Morgan fingerprint density at radius 1 is 1.21 bits per heavy atom. The Morgan fingerprint density at radius 3 is 2.63 bits per heavy atom. The smallest absolute Gasteiger partial charge is 0.275 e. The van der Waals surface area contributed by atoms with E-state index in [4.69, 9.17) is 10.5 Å². The van der Waals surface area contributed by atoms with Crippen molar-refractivity contribution >= 4 is 22.7 Å². The van der Waals surface area contributed by atoms with Crippen molar-refractivity contribution in [1.82, 2.24) is 0 Å². The van der Waals surface area contributed by atoms with Crippen LogP contribution in [0, 0.1) is 10.1 Å². The second-order valence-electron chi connectivity index (χ2n) is 3.93. The van der Waals surface area contributed by atoms with Crippen LogP contribution in [-0.4, -0.2) is 12.0 Å². The fourth-order valence-electron chi connectivity index (χ4n) is 1.66. The first kappa shape index (κ1) is 12.7. The van der Waals surface area contributed by atoms with Crippen LogP contribution in [0.4, 0.5) is 22.7 Å². The molecule has 19 heavy (non-hydrogen) atoms. The number of benzene rings is 2. The van der Waals surface area contributed by atoms with Crippen molar-refractivity contribution in [2.24, 2.45) is 0 Å². The predicted molar refractivity (Wildman–Crippen MR) is 73.8 cm³/mol. The Hall–Kier alpha value is -2.76. The molecule has 98 valence electrons. The average molecular weight is 259 g/mol. The molecule has 0 aromatic heterocycles. The van der Waals surface area contributed by atoms with Gasteiger partial charge in [0.15, 0.2) is 0 Å². The Morgan fingerprint density at radius 2 is 2.00 bits per heavy atom. The average Bonchev–Trinajstić information content (AvgIpc) is 2.38. The highest BCUT2D eigenvalue weighted by Crippen LogP contribution is 2.28. The van der Waals surface area contributed by atoms with Crippen molar-refractivity contribution in [3.63, 3.8) is 0 Å². The number of nitrogens with zero attached hydrogens (tertiary/aromatic N) is 1. The molecule has 3 N–H and O–H groups in total. The van der Waals surface area contributed by atoms with Crippen molar-refractivity contribution in [3.8, 4) is 5.75 Å². The van der Waals surface area contributed by atoms with E-state index in [0.29, 0.717) is 17.1 Å². The molecule has 0 amide bonds. The minimum absolute atomic E-state index is 0.0363. The third kappa shape index (κ3) is 3.12. The molecule has 0 atom stereocenters. The molecule has 2 aromatic rings. The minimum atomic E-state index is -0.465. The lowest BCUT2D eigenvalue weighted by atomic mass is 10.2. The van der Waals surface area contributed by atoms with Gasteiger partial charge in [0.25, 0.3) is 5.69 Å². The van der Waals surface area contributed by atoms with E-state index in [1.807, 2.05) is 6.07 Å². The lowest BCUT2D eigenvalue weighted by Crippen LogP contribution is -1.96. The summed E-state index contributed by atoms with van der Waals surface area (Å²) in [6.45, 7) is 0. The van der Waals surface area contributed by atoms with Crippen LogP contribution in [0.2, 0.25) is 0 Å². The lowest BCUT2D eigenvalue weighted by Gasteiger charge is -2.08. The maximum Gasteiger partial charge on any atom is 0.275 e. The van der Waals surface area contributed by atoms with E-state index in [1.54, 1.807) is 24.3 Å². The van der Waals surface area contributed by atoms with Gasteiger partial charge >= 0.3 is 0 Å². The molecule has 2 rings (SSSR count). The monoisotopic (exact) mass is 259 g/mol. The van der Waals surface area contributed by atoms with Crippen molar-refractivity contribution in [1.29, 1.82) is 0 Å². The third-order valence-corrected chi connectivity index (χ3v) is 2.51. The first-order valence-corrected chi connectivity index (χ1v) is 5.54. The van der Waals surface area contributed by atoms with E-state index in [-0.39, 0.29) is 5.69 Å². The number of anilines is 3. The van der Waals surface area contributed by atoms with E-state index < -0.39 is 4.92 Å². The summed E-state index contributed by atoms with van der Waals surface area (Å²) in [7, 11) is 1.46. The van der Waals surface area contributed by atoms with Gasteiger partial charge in [0.2, 0.25) is 0 Å². The summed E-state index contributed by atoms with van der Waals surface area (Å²) >= 11 is 0. The van der Waals surface area contributed by atoms with E-state index in [0.717, 1.165) is 5.69 Å². The molecular formula is C13H13N3O3. The van der Waals surface area contributed by atoms with Gasteiger partial charge in [-0.25, -0.2) is 0 Å². The molecule has 6 nitrogen and oxygen atoms in total. The van der Waals surface area contributed by atoms with Crippen LogP contribution >= 0.6 is 0 Å². The molecule has 0 bridgehead atoms. The number of nitrogens with one attached hydrogen (secondary N) is 1. The highest BCUT2D eigenvalue weighted by molar-refractivity contribution is 5.67. The number of nitrogen functional groups attached to an aromatic ring is 1. The molecule has 0 aliphatic rings. The minimum Gasteiger partial charge on any atom is -0.496 e. The highest BCUT2D eigenvalue weighted by Gasteiger charge is 2.10. The van der Waals surface area contributed by atoms with Crippen LogP contribution in [0.25, 0.3) is 0 Å². The fourth-order valence-corrected chi connectivity index (χ4v) is 1.66. The van der Waals surface area contributed by atoms with E-state index in [2.05, 4.69) is 5.32 Å². The second kappa shape index (κ2) is 5.26. The molecule has 0 radical (unpaired) electrons. The van der Waals surface area contributed by atoms with Crippen LogP contribution in [0.5, 0.6) is 5.75 Å². The summed E-state index contributed by atoms with van der Waals surface area (Å²) in [6.07, 6.45) is 0. The molecule has 6 heteroatoms. The molecule has 0 saturated heterocycles. The topological polar surface area (TPSA) is 90.4 Å². The van der Waals surface area contributed by atoms with Gasteiger partial charge < -0.3 is 15.8 Å². The van der Waals surface area contributed by atoms with Crippen LogP contribution in [-0.2, 0) is 0 Å². The van der Waals surface area contributed by atoms with Gasteiger partial charge in [-0.15, -0.1) is 0 Å². The molecule has 0 aliphatic heterocycles. The summed E-state index contributed by atoms with van der Waals surface area (Å²) in [6, 6.07) is 11.6. The van der Waals surface area contributed by atoms with E-state index in [1.165, 1.54) is 19.2 Å². The first-order valence-electron chi connectivity index (χ1n) is 5.54. The number of hydrogen-bond donors (Lipinski definition) is 2. The highest BCUT2D eigenvalue weighted by atomic mass is 16.6. The molecule has 0 heterocycles. The Labute approximate surface area is 110 Å². The zero-order chi connectivity index (χ0) is 13.8. The van der Waals surface area contributed by atoms with Gasteiger partial charge in [0.1, 0.15) is 5.75 Å². The summed E-state index contributed by atoms with van der Waals surface area (Å²) in [5.74, 6) is 0.417. The maximum atomic E-state index is 10.8.